The van der Waals surface area contributed by atoms with Crippen molar-refractivity contribution in [2.75, 3.05) is 0 Å². The van der Waals surface area contributed by atoms with E-state index in [1.807, 2.05) is 6.20 Å². The summed E-state index contributed by atoms with van der Waals surface area (Å²) in [7, 11) is 0. The summed E-state index contributed by atoms with van der Waals surface area (Å²) in [5.41, 5.74) is 2.66. The van der Waals surface area contributed by atoms with E-state index in [1.165, 1.54) is 61.4 Å². The second kappa shape index (κ2) is 6.25. The lowest BCUT2D eigenvalue weighted by molar-refractivity contribution is 0.389. The van der Waals surface area contributed by atoms with Crippen LogP contribution in [0, 0.1) is 0 Å². The van der Waals surface area contributed by atoms with Crippen molar-refractivity contribution in [1.82, 2.24) is 10.3 Å². The molecule has 0 bridgehead atoms. The van der Waals surface area contributed by atoms with E-state index in [0.717, 1.165) is 12.6 Å². The molecule has 19 heavy (non-hydrogen) atoms. The predicted octanol–water partition coefficient (Wildman–Crippen LogP) is 4.37. The van der Waals surface area contributed by atoms with Crippen molar-refractivity contribution >= 4 is 10.9 Å². The maximum Gasteiger partial charge on any atom is 0.0457 e. The molecule has 3 rings (SSSR count). The Balaban J connectivity index is 1.63. The summed E-state index contributed by atoms with van der Waals surface area (Å²) in [6.45, 7) is 1.000. The molecule has 2 aromatic rings. The molecule has 0 radical (unpaired) electrons. The van der Waals surface area contributed by atoms with E-state index in [-0.39, 0.29) is 0 Å². The Morgan fingerprint density at radius 1 is 1.00 bits per heavy atom. The minimum absolute atomic E-state index is 0.717. The number of benzene rings is 1. The van der Waals surface area contributed by atoms with Gasteiger partial charge in [0.05, 0.1) is 0 Å². The molecule has 2 nitrogen and oxygen atoms in total. The van der Waals surface area contributed by atoms with E-state index < -0.39 is 0 Å². The lowest BCUT2D eigenvalue weighted by Gasteiger charge is -2.21. The summed E-state index contributed by atoms with van der Waals surface area (Å²) in [6.07, 6.45) is 11.8. The molecule has 0 saturated heterocycles. The van der Waals surface area contributed by atoms with Crippen LogP contribution in [0.25, 0.3) is 10.9 Å². The van der Waals surface area contributed by atoms with Crippen molar-refractivity contribution in [3.8, 4) is 0 Å². The van der Waals surface area contributed by atoms with E-state index in [4.69, 9.17) is 0 Å². The Bertz CT molecular complexity index is 507. The molecule has 1 heterocycles. The Kier molecular flexibility index (Phi) is 4.19. The van der Waals surface area contributed by atoms with Crippen LogP contribution in [0.3, 0.4) is 0 Å². The Labute approximate surface area is 115 Å². The molecule has 0 atom stereocenters. The third-order valence-electron chi connectivity index (χ3n) is 4.37. The Morgan fingerprint density at radius 2 is 1.79 bits per heavy atom. The normalized spacial score (nSPS) is 18.3. The van der Waals surface area contributed by atoms with E-state index in [9.17, 15) is 0 Å². The molecule has 2 N–H and O–H groups in total. The molecule has 1 aromatic carbocycles. The number of hydrogen-bond acceptors (Lipinski definition) is 1. The monoisotopic (exact) mass is 256 g/mol. The van der Waals surface area contributed by atoms with Crippen LogP contribution in [0.1, 0.15) is 50.5 Å². The number of rotatable bonds is 3. The van der Waals surface area contributed by atoms with Crippen LogP contribution in [-0.2, 0) is 6.54 Å². The van der Waals surface area contributed by atoms with Gasteiger partial charge in [-0.2, -0.15) is 0 Å². The van der Waals surface area contributed by atoms with Crippen molar-refractivity contribution in [3.05, 3.63) is 36.0 Å². The third-order valence-corrected chi connectivity index (χ3v) is 4.37. The second-order valence-corrected chi connectivity index (χ2v) is 5.78. The first-order valence-corrected chi connectivity index (χ1v) is 7.72. The van der Waals surface area contributed by atoms with Crippen LogP contribution in [0.15, 0.2) is 30.5 Å². The van der Waals surface area contributed by atoms with Crippen LogP contribution in [0.5, 0.6) is 0 Å². The van der Waals surface area contributed by atoms with E-state index in [0.29, 0.717) is 0 Å². The molecule has 1 aliphatic rings. The fourth-order valence-electron chi connectivity index (χ4n) is 3.22. The van der Waals surface area contributed by atoms with Gasteiger partial charge in [0, 0.05) is 29.7 Å². The van der Waals surface area contributed by atoms with Gasteiger partial charge in [0.15, 0.2) is 0 Å². The highest BCUT2D eigenvalue weighted by Crippen LogP contribution is 2.20. The molecule has 1 saturated carbocycles. The minimum Gasteiger partial charge on any atom is -0.361 e. The maximum atomic E-state index is 3.77. The minimum atomic E-state index is 0.717. The average Bonchev–Trinajstić information content (AvgIpc) is 2.86. The molecule has 0 spiro atoms. The highest BCUT2D eigenvalue weighted by atomic mass is 14.9. The largest absolute Gasteiger partial charge is 0.361 e. The fourth-order valence-corrected chi connectivity index (χ4v) is 3.22. The molecule has 0 unspecified atom stereocenters. The van der Waals surface area contributed by atoms with Crippen molar-refractivity contribution in [3.63, 3.8) is 0 Å². The molecule has 0 aliphatic heterocycles. The molecule has 1 aliphatic carbocycles. The zero-order valence-electron chi connectivity index (χ0n) is 11.6. The first kappa shape index (κ1) is 12.7. The fraction of sp³-hybridized carbons (Fsp3) is 0.529. The number of H-pyrrole nitrogens is 1. The van der Waals surface area contributed by atoms with Crippen LogP contribution >= 0.6 is 0 Å². The number of aromatic amines is 1. The summed E-state index contributed by atoms with van der Waals surface area (Å²) in [5, 5.41) is 5.14. The average molecular weight is 256 g/mol. The highest BCUT2D eigenvalue weighted by Gasteiger charge is 2.11. The van der Waals surface area contributed by atoms with Crippen LogP contribution in [0.4, 0.5) is 0 Å². The third kappa shape index (κ3) is 3.19. The van der Waals surface area contributed by atoms with Crippen molar-refractivity contribution in [2.45, 2.75) is 57.5 Å². The van der Waals surface area contributed by atoms with E-state index in [2.05, 4.69) is 34.6 Å². The van der Waals surface area contributed by atoms with E-state index in [1.54, 1.807) is 0 Å². The van der Waals surface area contributed by atoms with Gasteiger partial charge in [0.25, 0.3) is 0 Å². The van der Waals surface area contributed by atoms with Gasteiger partial charge in [-0.05, 0) is 30.5 Å². The first-order chi connectivity index (χ1) is 9.43. The molecule has 1 aromatic heterocycles. The Morgan fingerprint density at radius 3 is 2.63 bits per heavy atom. The van der Waals surface area contributed by atoms with Crippen molar-refractivity contribution in [1.29, 1.82) is 0 Å². The summed E-state index contributed by atoms with van der Waals surface area (Å²) >= 11 is 0. The zero-order valence-corrected chi connectivity index (χ0v) is 11.6. The molecule has 2 heteroatoms. The van der Waals surface area contributed by atoms with Crippen molar-refractivity contribution < 1.29 is 0 Å². The van der Waals surface area contributed by atoms with E-state index >= 15 is 0 Å². The zero-order chi connectivity index (χ0) is 12.9. The quantitative estimate of drug-likeness (QED) is 0.838. The maximum absolute atomic E-state index is 3.77. The van der Waals surface area contributed by atoms with Gasteiger partial charge < -0.3 is 10.3 Å². The first-order valence-electron chi connectivity index (χ1n) is 7.72. The van der Waals surface area contributed by atoms with Gasteiger partial charge >= 0.3 is 0 Å². The van der Waals surface area contributed by atoms with Gasteiger partial charge in [0.2, 0.25) is 0 Å². The summed E-state index contributed by atoms with van der Waals surface area (Å²) in [6, 6.07) is 9.44. The number of fused-ring (bicyclic) bond motifs is 1. The lowest BCUT2D eigenvalue weighted by Crippen LogP contribution is -2.29. The van der Waals surface area contributed by atoms with Crippen LogP contribution < -0.4 is 5.32 Å². The van der Waals surface area contributed by atoms with Gasteiger partial charge in [-0.3, -0.25) is 0 Å². The Hall–Kier alpha value is -1.28. The van der Waals surface area contributed by atoms with Gasteiger partial charge in [-0.25, -0.2) is 0 Å². The molecule has 1 fully saturated rings. The SMILES string of the molecule is c1cc(CNC2CCCCCCC2)c2cc[nH]c2c1. The topological polar surface area (TPSA) is 27.8 Å². The second-order valence-electron chi connectivity index (χ2n) is 5.78. The molecule has 0 amide bonds. The number of nitrogens with one attached hydrogen (secondary N) is 2. The van der Waals surface area contributed by atoms with Gasteiger partial charge in [-0.15, -0.1) is 0 Å². The lowest BCUT2D eigenvalue weighted by atomic mass is 9.96. The predicted molar refractivity (Wildman–Crippen MR) is 81.2 cm³/mol. The summed E-state index contributed by atoms with van der Waals surface area (Å²) in [4.78, 5) is 3.29. The standard InChI is InChI=1S/C17H24N2/c1-2-4-8-15(9-5-3-1)19-13-14-7-6-10-17-16(14)11-12-18-17/h6-7,10-12,15,18-19H,1-5,8-9,13H2. The van der Waals surface area contributed by atoms with Crippen LogP contribution in [-0.4, -0.2) is 11.0 Å². The number of aromatic nitrogens is 1. The highest BCUT2D eigenvalue weighted by molar-refractivity contribution is 5.82. The number of hydrogen-bond donors (Lipinski definition) is 2. The van der Waals surface area contributed by atoms with Crippen molar-refractivity contribution in [2.24, 2.45) is 0 Å². The molecular weight excluding hydrogens is 232 g/mol. The molecule has 102 valence electrons. The smallest absolute Gasteiger partial charge is 0.0457 e. The van der Waals surface area contributed by atoms with Gasteiger partial charge in [-0.1, -0.05) is 44.2 Å². The summed E-state index contributed by atoms with van der Waals surface area (Å²) in [5.74, 6) is 0. The summed E-state index contributed by atoms with van der Waals surface area (Å²) < 4.78 is 0. The molecular formula is C17H24N2. The van der Waals surface area contributed by atoms with Gasteiger partial charge in [0.1, 0.15) is 0 Å². The van der Waals surface area contributed by atoms with Crippen LogP contribution in [0.2, 0.25) is 0 Å².